The molecule has 0 amide bonds. The second-order valence-electron chi connectivity index (χ2n) is 4.02. The van der Waals surface area contributed by atoms with Crippen LogP contribution in [0, 0.1) is 0 Å². The number of hydrogen-bond acceptors (Lipinski definition) is 2. The third-order valence-electron chi connectivity index (χ3n) is 2.24. The van der Waals surface area contributed by atoms with Gasteiger partial charge >= 0.3 is 24.2 Å². The summed E-state index contributed by atoms with van der Waals surface area (Å²) in [6, 6.07) is 0. The van der Waals surface area contributed by atoms with Crippen LogP contribution in [0.3, 0.4) is 0 Å². The molecule has 0 aromatic rings. The van der Waals surface area contributed by atoms with Crippen molar-refractivity contribution in [3.8, 4) is 0 Å². The monoisotopic (exact) mass is 324 g/mol. The zero-order valence-electron chi connectivity index (χ0n) is 9.34. The first-order valence-electron chi connectivity index (χ1n) is 4.52. The zero-order valence-corrected chi connectivity index (χ0v) is 9.34. The molecule has 20 heavy (non-hydrogen) atoms. The van der Waals surface area contributed by atoms with Crippen LogP contribution in [0.15, 0.2) is 0 Å². The van der Waals surface area contributed by atoms with Gasteiger partial charge in [0.15, 0.2) is 0 Å². The Morgan fingerprint density at radius 1 is 0.850 bits per heavy atom. The van der Waals surface area contributed by atoms with E-state index < -0.39 is 42.0 Å². The van der Waals surface area contributed by atoms with E-state index in [-0.39, 0.29) is 6.92 Å². The van der Waals surface area contributed by atoms with Gasteiger partial charge in [-0.15, -0.1) is 0 Å². The Labute approximate surface area is 104 Å². The van der Waals surface area contributed by atoms with Crippen molar-refractivity contribution in [3.05, 3.63) is 0 Å². The topological polar surface area (TPSA) is 37.3 Å². The van der Waals surface area contributed by atoms with E-state index in [4.69, 9.17) is 5.11 Å². The van der Waals surface area contributed by atoms with E-state index in [2.05, 4.69) is 0 Å². The van der Waals surface area contributed by atoms with Gasteiger partial charge in [0.1, 0.15) is 5.60 Å². The molecule has 0 aliphatic heterocycles. The Hall–Kier alpha value is -1.07. The molecule has 0 saturated heterocycles. The van der Waals surface area contributed by atoms with E-state index in [1.54, 1.807) is 0 Å². The van der Waals surface area contributed by atoms with Gasteiger partial charge in [0, 0.05) is 6.42 Å². The highest BCUT2D eigenvalue weighted by Gasteiger charge is 2.71. The minimum absolute atomic E-state index is 0.370. The largest absolute Gasteiger partial charge is 0.461 e. The van der Waals surface area contributed by atoms with E-state index in [9.17, 15) is 48.7 Å². The lowest BCUT2D eigenvalue weighted by Crippen LogP contribution is -2.58. The lowest BCUT2D eigenvalue weighted by molar-refractivity contribution is -0.339. The zero-order chi connectivity index (χ0) is 16.8. The predicted molar refractivity (Wildman–Crippen MR) is 42.3 cm³/mol. The summed E-state index contributed by atoms with van der Waals surface area (Å²) in [6.07, 6.45) is -15.7. The van der Waals surface area contributed by atoms with Gasteiger partial charge in [0.25, 0.3) is 0 Å². The Kier molecular flexibility index (Phi) is 4.49. The van der Waals surface area contributed by atoms with Gasteiger partial charge in [-0.05, 0) is 6.92 Å². The summed E-state index contributed by atoms with van der Waals surface area (Å²) in [7, 11) is 0. The standard InChI is InChI=1S/C8H6F10O2/c1-4(20,6(11,12)8(16,17)18)2-3(19)5(9,10)7(13,14)15/h20H,2H2,1H3. The highest BCUT2D eigenvalue weighted by molar-refractivity contribution is 5.87. The van der Waals surface area contributed by atoms with E-state index in [0.717, 1.165) is 0 Å². The normalized spacial score (nSPS) is 17.8. The molecule has 0 aromatic carbocycles. The first kappa shape index (κ1) is 18.9. The van der Waals surface area contributed by atoms with Crippen LogP contribution in [-0.4, -0.2) is 40.7 Å². The van der Waals surface area contributed by atoms with E-state index in [1.165, 1.54) is 0 Å². The maximum absolute atomic E-state index is 12.7. The Morgan fingerprint density at radius 3 is 1.45 bits per heavy atom. The minimum Gasteiger partial charge on any atom is -0.383 e. The van der Waals surface area contributed by atoms with Crippen LogP contribution >= 0.6 is 0 Å². The van der Waals surface area contributed by atoms with Crippen molar-refractivity contribution >= 4 is 5.78 Å². The smallest absolute Gasteiger partial charge is 0.383 e. The van der Waals surface area contributed by atoms with E-state index in [1.807, 2.05) is 0 Å². The number of Topliss-reactive ketones (excluding diaryl/α,β-unsaturated/α-hetero) is 1. The fraction of sp³-hybridized carbons (Fsp3) is 0.875. The van der Waals surface area contributed by atoms with Gasteiger partial charge in [-0.2, -0.15) is 43.9 Å². The number of aliphatic hydroxyl groups is 1. The molecule has 1 unspecified atom stereocenters. The molecule has 0 saturated carbocycles. The fourth-order valence-corrected chi connectivity index (χ4v) is 0.998. The SMILES string of the molecule is CC(O)(CC(=O)C(F)(F)C(F)(F)F)C(F)(F)C(F)(F)F. The number of carbonyl (C=O) groups excluding carboxylic acids is 1. The van der Waals surface area contributed by atoms with Crippen molar-refractivity contribution in [2.45, 2.75) is 43.1 Å². The van der Waals surface area contributed by atoms with Gasteiger partial charge in [0.2, 0.25) is 5.78 Å². The molecule has 0 aromatic heterocycles. The average molecular weight is 324 g/mol. The van der Waals surface area contributed by atoms with Crippen LogP contribution in [0.5, 0.6) is 0 Å². The van der Waals surface area contributed by atoms with Crippen LogP contribution in [0.4, 0.5) is 43.9 Å². The average Bonchev–Trinajstić information content (AvgIpc) is 2.12. The first-order chi connectivity index (χ1) is 8.38. The molecule has 12 heteroatoms. The Balaban J connectivity index is 5.38. The Morgan fingerprint density at radius 2 is 1.20 bits per heavy atom. The van der Waals surface area contributed by atoms with Crippen LogP contribution < -0.4 is 0 Å². The number of carbonyl (C=O) groups is 1. The van der Waals surface area contributed by atoms with Crippen LogP contribution in [0.25, 0.3) is 0 Å². The van der Waals surface area contributed by atoms with Crippen LogP contribution in [0.1, 0.15) is 13.3 Å². The molecule has 0 radical (unpaired) electrons. The molecular formula is C8H6F10O2. The Bertz CT molecular complexity index is 378. The van der Waals surface area contributed by atoms with Gasteiger partial charge in [-0.1, -0.05) is 0 Å². The van der Waals surface area contributed by atoms with Gasteiger partial charge in [0.05, 0.1) is 0 Å². The third kappa shape index (κ3) is 3.15. The lowest BCUT2D eigenvalue weighted by atomic mass is 9.89. The highest BCUT2D eigenvalue weighted by atomic mass is 19.4. The number of alkyl halides is 10. The van der Waals surface area contributed by atoms with Gasteiger partial charge < -0.3 is 5.11 Å². The molecule has 1 atom stereocenters. The summed E-state index contributed by atoms with van der Waals surface area (Å²) >= 11 is 0. The molecule has 0 bridgehead atoms. The second-order valence-corrected chi connectivity index (χ2v) is 4.02. The van der Waals surface area contributed by atoms with Crippen molar-refractivity contribution in [1.29, 1.82) is 0 Å². The summed E-state index contributed by atoms with van der Waals surface area (Å²) in [5.41, 5.74) is -4.46. The van der Waals surface area contributed by atoms with Crippen LogP contribution in [0.2, 0.25) is 0 Å². The summed E-state index contributed by atoms with van der Waals surface area (Å²) in [4.78, 5) is 10.6. The van der Waals surface area contributed by atoms with Crippen molar-refractivity contribution in [2.75, 3.05) is 0 Å². The van der Waals surface area contributed by atoms with Crippen molar-refractivity contribution < 1.29 is 53.8 Å². The molecular weight excluding hydrogens is 318 g/mol. The van der Waals surface area contributed by atoms with Gasteiger partial charge in [-0.3, -0.25) is 4.79 Å². The van der Waals surface area contributed by atoms with Crippen molar-refractivity contribution in [1.82, 2.24) is 0 Å². The molecule has 1 N–H and O–H groups in total. The third-order valence-corrected chi connectivity index (χ3v) is 2.24. The van der Waals surface area contributed by atoms with E-state index in [0.29, 0.717) is 0 Å². The molecule has 2 nitrogen and oxygen atoms in total. The fourth-order valence-electron chi connectivity index (χ4n) is 0.998. The minimum atomic E-state index is -6.48. The molecule has 0 rings (SSSR count). The number of hydrogen-bond donors (Lipinski definition) is 1. The number of ketones is 1. The van der Waals surface area contributed by atoms with Gasteiger partial charge in [-0.25, -0.2) is 0 Å². The molecule has 0 fully saturated rings. The molecule has 120 valence electrons. The first-order valence-corrected chi connectivity index (χ1v) is 4.52. The molecule has 0 spiro atoms. The maximum atomic E-state index is 12.7. The second kappa shape index (κ2) is 4.74. The molecule has 0 aliphatic carbocycles. The van der Waals surface area contributed by atoms with Crippen molar-refractivity contribution in [2.24, 2.45) is 0 Å². The predicted octanol–water partition coefficient (Wildman–Crippen LogP) is 3.09. The number of halogens is 10. The van der Waals surface area contributed by atoms with Crippen molar-refractivity contribution in [3.63, 3.8) is 0 Å². The van der Waals surface area contributed by atoms with Crippen LogP contribution in [-0.2, 0) is 4.79 Å². The highest BCUT2D eigenvalue weighted by Crippen LogP contribution is 2.46. The summed E-state index contributed by atoms with van der Waals surface area (Å²) < 4.78 is 121. The summed E-state index contributed by atoms with van der Waals surface area (Å²) in [5.74, 6) is -15.5. The maximum Gasteiger partial charge on any atom is 0.461 e. The molecule has 0 aliphatic rings. The molecule has 0 heterocycles. The number of rotatable bonds is 4. The van der Waals surface area contributed by atoms with E-state index >= 15 is 0 Å². The summed E-state index contributed by atoms with van der Waals surface area (Å²) in [5, 5.41) is 8.79. The summed E-state index contributed by atoms with van der Waals surface area (Å²) in [6.45, 7) is -0.370. The quantitative estimate of drug-likeness (QED) is 0.807. The lowest BCUT2D eigenvalue weighted by Gasteiger charge is -2.34.